The zero-order chi connectivity index (χ0) is 19.0. The van der Waals surface area contributed by atoms with Gasteiger partial charge in [0.05, 0.1) is 10.2 Å². The van der Waals surface area contributed by atoms with Gasteiger partial charge in [0, 0.05) is 16.1 Å². The van der Waals surface area contributed by atoms with Gasteiger partial charge in [-0.05, 0) is 51.8 Å². The summed E-state index contributed by atoms with van der Waals surface area (Å²) in [7, 11) is 0. The molecule has 0 aliphatic rings. The molecule has 0 amide bonds. The number of fused-ring (bicyclic) bond motifs is 1. The molecule has 0 saturated carbocycles. The Kier molecular flexibility index (Phi) is 4.93. The number of hydrogen-bond donors (Lipinski definition) is 1. The molecule has 0 aliphatic carbocycles. The Labute approximate surface area is 174 Å². The number of halogens is 2. The van der Waals surface area contributed by atoms with E-state index in [1.807, 2.05) is 61.5 Å². The third-order valence-electron chi connectivity index (χ3n) is 4.36. The molecule has 4 aromatic rings. The Morgan fingerprint density at radius 1 is 1.00 bits per heavy atom. The van der Waals surface area contributed by atoms with E-state index >= 15 is 0 Å². The number of ether oxygens (including phenoxy) is 1. The number of aromatic nitrogens is 2. The predicted octanol–water partition coefficient (Wildman–Crippen LogP) is 6.41. The average molecular weight is 487 g/mol. The summed E-state index contributed by atoms with van der Waals surface area (Å²) >= 11 is 7.17. The van der Waals surface area contributed by atoms with Crippen molar-refractivity contribution < 1.29 is 4.74 Å². The molecular weight excluding hydrogens is 470 g/mol. The smallest absolute Gasteiger partial charge is 0.191 e. The van der Waals surface area contributed by atoms with Gasteiger partial charge in [-0.2, -0.15) is 5.10 Å². The summed E-state index contributed by atoms with van der Waals surface area (Å²) in [6.07, 6.45) is -0.355. The van der Waals surface area contributed by atoms with E-state index < -0.39 is 0 Å². The molecule has 0 spiro atoms. The second-order valence-electron chi connectivity index (χ2n) is 6.23. The van der Waals surface area contributed by atoms with Crippen LogP contribution in [0.3, 0.4) is 0 Å². The standard InChI is InChI=1S/C21H17Br2N3O/c1-13(26-20(24)12-18(25-26)14-5-3-2-4-6-14)27-19-10-7-15-11-16(22)8-9-17(15)21(19)23/h2-13H,24H2,1H3. The summed E-state index contributed by atoms with van der Waals surface area (Å²) in [5.41, 5.74) is 8.03. The highest BCUT2D eigenvalue weighted by atomic mass is 79.9. The second kappa shape index (κ2) is 7.37. The van der Waals surface area contributed by atoms with Crippen LogP contribution < -0.4 is 10.5 Å². The molecule has 4 rings (SSSR count). The van der Waals surface area contributed by atoms with E-state index in [4.69, 9.17) is 10.5 Å². The Balaban J connectivity index is 1.64. The lowest BCUT2D eigenvalue weighted by Gasteiger charge is -2.18. The lowest BCUT2D eigenvalue weighted by molar-refractivity contribution is 0.140. The first-order valence-electron chi connectivity index (χ1n) is 8.48. The van der Waals surface area contributed by atoms with Crippen molar-refractivity contribution in [1.82, 2.24) is 9.78 Å². The minimum atomic E-state index is -0.355. The Bertz CT molecular complexity index is 1110. The first-order chi connectivity index (χ1) is 13.0. The number of rotatable bonds is 4. The fourth-order valence-electron chi connectivity index (χ4n) is 3.02. The van der Waals surface area contributed by atoms with E-state index in [0.29, 0.717) is 5.82 Å². The number of hydrogen-bond acceptors (Lipinski definition) is 3. The summed E-state index contributed by atoms with van der Waals surface area (Å²) in [6.45, 7) is 1.93. The van der Waals surface area contributed by atoms with Crippen LogP contribution in [0.4, 0.5) is 5.82 Å². The maximum Gasteiger partial charge on any atom is 0.191 e. The zero-order valence-corrected chi connectivity index (χ0v) is 17.7. The molecule has 2 N–H and O–H groups in total. The first-order valence-corrected chi connectivity index (χ1v) is 10.1. The monoisotopic (exact) mass is 485 g/mol. The fraction of sp³-hybridized carbons (Fsp3) is 0.0952. The molecule has 6 heteroatoms. The molecule has 1 atom stereocenters. The molecule has 0 aliphatic heterocycles. The van der Waals surface area contributed by atoms with E-state index in [0.717, 1.165) is 36.7 Å². The summed E-state index contributed by atoms with van der Waals surface area (Å²) in [5.74, 6) is 1.30. The SMILES string of the molecule is CC(Oc1ccc2cc(Br)ccc2c1Br)n1nc(-c2ccccc2)cc1N. The Hall–Kier alpha value is -2.31. The van der Waals surface area contributed by atoms with Crippen molar-refractivity contribution >= 4 is 48.5 Å². The van der Waals surface area contributed by atoms with Crippen LogP contribution in [0.1, 0.15) is 13.2 Å². The minimum absolute atomic E-state index is 0.355. The first kappa shape index (κ1) is 18.1. The molecule has 1 heterocycles. The molecule has 1 aromatic heterocycles. The van der Waals surface area contributed by atoms with Crippen LogP contribution in [0.25, 0.3) is 22.0 Å². The van der Waals surface area contributed by atoms with Gasteiger partial charge in [-0.1, -0.05) is 58.4 Å². The maximum absolute atomic E-state index is 6.18. The molecule has 0 bridgehead atoms. The lowest BCUT2D eigenvalue weighted by Crippen LogP contribution is -2.16. The van der Waals surface area contributed by atoms with Crippen molar-refractivity contribution in [2.75, 3.05) is 5.73 Å². The van der Waals surface area contributed by atoms with Gasteiger partial charge in [0.1, 0.15) is 11.6 Å². The normalized spacial score (nSPS) is 12.3. The van der Waals surface area contributed by atoms with Crippen LogP contribution in [0, 0.1) is 0 Å². The van der Waals surface area contributed by atoms with Crippen LogP contribution in [0.2, 0.25) is 0 Å². The zero-order valence-electron chi connectivity index (χ0n) is 14.6. The fourth-order valence-corrected chi connectivity index (χ4v) is 3.98. The third kappa shape index (κ3) is 3.59. The van der Waals surface area contributed by atoms with Crippen LogP contribution in [-0.4, -0.2) is 9.78 Å². The third-order valence-corrected chi connectivity index (χ3v) is 5.67. The van der Waals surface area contributed by atoms with Gasteiger partial charge in [-0.25, -0.2) is 4.68 Å². The van der Waals surface area contributed by atoms with Gasteiger partial charge in [0.15, 0.2) is 6.23 Å². The van der Waals surface area contributed by atoms with E-state index in [1.54, 1.807) is 4.68 Å². The molecule has 27 heavy (non-hydrogen) atoms. The molecule has 4 nitrogen and oxygen atoms in total. The number of benzene rings is 3. The number of nitrogens with zero attached hydrogens (tertiary/aromatic N) is 2. The van der Waals surface area contributed by atoms with E-state index in [-0.39, 0.29) is 6.23 Å². The Morgan fingerprint density at radius 3 is 2.56 bits per heavy atom. The van der Waals surface area contributed by atoms with Gasteiger partial charge in [0.2, 0.25) is 0 Å². The topological polar surface area (TPSA) is 53.1 Å². The van der Waals surface area contributed by atoms with Crippen molar-refractivity contribution in [2.24, 2.45) is 0 Å². The van der Waals surface area contributed by atoms with Gasteiger partial charge in [-0.3, -0.25) is 0 Å². The molecular formula is C21H17Br2N3O. The number of anilines is 1. The number of nitrogen functional groups attached to an aromatic ring is 1. The van der Waals surface area contributed by atoms with Gasteiger partial charge >= 0.3 is 0 Å². The summed E-state index contributed by atoms with van der Waals surface area (Å²) in [5, 5.41) is 6.84. The summed E-state index contributed by atoms with van der Waals surface area (Å²) in [4.78, 5) is 0. The van der Waals surface area contributed by atoms with Crippen molar-refractivity contribution in [1.29, 1.82) is 0 Å². The minimum Gasteiger partial charge on any atom is -0.468 e. The molecule has 1 unspecified atom stereocenters. The second-order valence-corrected chi connectivity index (χ2v) is 7.93. The van der Waals surface area contributed by atoms with Crippen LogP contribution in [0.5, 0.6) is 5.75 Å². The molecule has 3 aromatic carbocycles. The molecule has 0 saturated heterocycles. The quantitative estimate of drug-likeness (QED) is 0.362. The van der Waals surface area contributed by atoms with E-state index in [1.165, 1.54) is 0 Å². The van der Waals surface area contributed by atoms with Crippen molar-refractivity contribution in [3.63, 3.8) is 0 Å². The van der Waals surface area contributed by atoms with E-state index in [2.05, 4.69) is 49.1 Å². The van der Waals surface area contributed by atoms with Crippen molar-refractivity contribution in [3.8, 4) is 17.0 Å². The van der Waals surface area contributed by atoms with Crippen LogP contribution in [-0.2, 0) is 0 Å². The van der Waals surface area contributed by atoms with Gasteiger partial charge < -0.3 is 10.5 Å². The highest BCUT2D eigenvalue weighted by Crippen LogP contribution is 2.36. The van der Waals surface area contributed by atoms with Gasteiger partial charge in [-0.15, -0.1) is 0 Å². The molecule has 0 radical (unpaired) electrons. The Morgan fingerprint density at radius 2 is 1.78 bits per heavy atom. The van der Waals surface area contributed by atoms with Crippen LogP contribution >= 0.6 is 31.9 Å². The molecule has 136 valence electrons. The average Bonchev–Trinajstić information content (AvgIpc) is 3.06. The van der Waals surface area contributed by atoms with Crippen LogP contribution in [0.15, 0.2) is 75.7 Å². The number of nitrogens with two attached hydrogens (primary N) is 1. The lowest BCUT2D eigenvalue weighted by atomic mass is 10.1. The maximum atomic E-state index is 6.18. The van der Waals surface area contributed by atoms with E-state index in [9.17, 15) is 0 Å². The van der Waals surface area contributed by atoms with Crippen molar-refractivity contribution in [2.45, 2.75) is 13.2 Å². The molecule has 0 fully saturated rings. The highest BCUT2D eigenvalue weighted by Gasteiger charge is 2.16. The van der Waals surface area contributed by atoms with Gasteiger partial charge in [0.25, 0.3) is 0 Å². The predicted molar refractivity (Wildman–Crippen MR) is 117 cm³/mol. The largest absolute Gasteiger partial charge is 0.468 e. The summed E-state index contributed by atoms with van der Waals surface area (Å²) < 4.78 is 9.81. The van der Waals surface area contributed by atoms with Crippen molar-refractivity contribution in [3.05, 3.63) is 75.7 Å². The highest BCUT2D eigenvalue weighted by molar-refractivity contribution is 9.11. The summed E-state index contributed by atoms with van der Waals surface area (Å²) in [6, 6.07) is 21.9.